The second-order valence-corrected chi connectivity index (χ2v) is 8.22. The molecule has 1 fully saturated rings. The van der Waals surface area contributed by atoms with Gasteiger partial charge in [-0.3, -0.25) is 9.79 Å². The van der Waals surface area contributed by atoms with Crippen LogP contribution in [0.3, 0.4) is 0 Å². The highest BCUT2D eigenvalue weighted by atomic mass is 16.5. The third-order valence-electron chi connectivity index (χ3n) is 5.47. The highest BCUT2D eigenvalue weighted by Gasteiger charge is 2.29. The molecule has 0 aliphatic carbocycles. The molecule has 0 aromatic heterocycles. The molecule has 0 bridgehead atoms. The number of rotatable bonds is 9. The van der Waals surface area contributed by atoms with E-state index in [0.29, 0.717) is 18.9 Å². The number of likely N-dealkylation sites (tertiary alicyclic amines) is 1. The van der Waals surface area contributed by atoms with E-state index in [9.17, 15) is 4.79 Å². The number of amides is 1. The lowest BCUT2D eigenvalue weighted by Crippen LogP contribution is -2.43. The second-order valence-electron chi connectivity index (χ2n) is 8.22. The number of carbonyl (C=O) groups excluding carboxylic acids is 1. The molecule has 2 unspecified atom stereocenters. The summed E-state index contributed by atoms with van der Waals surface area (Å²) in [5.41, 5.74) is 2.45. The van der Waals surface area contributed by atoms with Crippen LogP contribution in [0.5, 0.6) is 5.75 Å². The van der Waals surface area contributed by atoms with Gasteiger partial charge in [-0.15, -0.1) is 0 Å². The summed E-state index contributed by atoms with van der Waals surface area (Å²) < 4.78 is 5.96. The quantitative estimate of drug-likeness (QED) is 0.482. The summed E-state index contributed by atoms with van der Waals surface area (Å²) in [5, 5.41) is 6.67. The van der Waals surface area contributed by atoms with Gasteiger partial charge < -0.3 is 20.3 Å². The minimum atomic E-state index is 0.00175. The van der Waals surface area contributed by atoms with Crippen LogP contribution >= 0.6 is 0 Å². The lowest BCUT2D eigenvalue weighted by Gasteiger charge is -2.19. The Hall–Kier alpha value is -3.02. The molecule has 6 nitrogen and oxygen atoms in total. The second kappa shape index (κ2) is 11.4. The summed E-state index contributed by atoms with van der Waals surface area (Å²) in [7, 11) is 1.76. The number of hydrogen-bond acceptors (Lipinski definition) is 3. The largest absolute Gasteiger partial charge is 0.489 e. The topological polar surface area (TPSA) is 66.0 Å². The molecule has 1 amide bonds. The predicted octanol–water partition coefficient (Wildman–Crippen LogP) is 3.02. The molecule has 1 aliphatic heterocycles. The Labute approximate surface area is 185 Å². The van der Waals surface area contributed by atoms with E-state index in [0.717, 1.165) is 37.8 Å². The summed E-state index contributed by atoms with van der Waals surface area (Å²) in [5.74, 6) is 2.14. The van der Waals surface area contributed by atoms with Crippen molar-refractivity contribution in [1.82, 2.24) is 15.5 Å². The zero-order valence-corrected chi connectivity index (χ0v) is 18.8. The van der Waals surface area contributed by atoms with Gasteiger partial charge in [-0.25, -0.2) is 0 Å². The minimum Gasteiger partial charge on any atom is -0.489 e. The van der Waals surface area contributed by atoms with Gasteiger partial charge in [-0.2, -0.15) is 0 Å². The summed E-state index contributed by atoms with van der Waals surface area (Å²) in [6.07, 6.45) is 1.49. The van der Waals surface area contributed by atoms with Crippen molar-refractivity contribution < 1.29 is 9.53 Å². The first-order chi connectivity index (χ1) is 15.0. The monoisotopic (exact) mass is 422 g/mol. The number of nitrogens with zero attached hydrogens (tertiary/aromatic N) is 2. The normalized spacial score (nSPS) is 17.5. The molecule has 6 heteroatoms. The highest BCUT2D eigenvalue weighted by molar-refractivity contribution is 5.80. The minimum absolute atomic E-state index is 0.00175. The van der Waals surface area contributed by atoms with Crippen molar-refractivity contribution in [2.24, 2.45) is 10.9 Å². The summed E-state index contributed by atoms with van der Waals surface area (Å²) in [6.45, 7) is 7.02. The molecular formula is C25H34N4O2. The number of aliphatic imine (C=N–C) groups is 1. The van der Waals surface area contributed by atoms with E-state index in [-0.39, 0.29) is 12.0 Å². The standard InChI is InChI=1S/C25H34N4O2/c1-19-8-7-11-23(14-19)31-20(2)16-27-25(26-3)28-17-22-15-24(30)29(18-22)13-12-21-9-5-4-6-10-21/h4-11,14,20,22H,12-13,15-18H2,1-3H3,(H2,26,27,28). The molecule has 1 heterocycles. The molecule has 3 rings (SSSR count). The number of guanidine groups is 1. The molecule has 0 spiro atoms. The van der Waals surface area contributed by atoms with Crippen molar-refractivity contribution >= 4 is 11.9 Å². The number of nitrogens with one attached hydrogen (secondary N) is 2. The van der Waals surface area contributed by atoms with Gasteiger partial charge in [0, 0.05) is 39.0 Å². The van der Waals surface area contributed by atoms with E-state index in [2.05, 4.69) is 40.7 Å². The van der Waals surface area contributed by atoms with Crippen LogP contribution in [-0.4, -0.2) is 56.1 Å². The average Bonchev–Trinajstić information content (AvgIpc) is 3.12. The van der Waals surface area contributed by atoms with Crippen molar-refractivity contribution in [1.29, 1.82) is 0 Å². The Morgan fingerprint density at radius 1 is 1.19 bits per heavy atom. The summed E-state index contributed by atoms with van der Waals surface area (Å²) >= 11 is 0. The van der Waals surface area contributed by atoms with Crippen molar-refractivity contribution in [2.45, 2.75) is 32.8 Å². The van der Waals surface area contributed by atoms with Gasteiger partial charge in [0.25, 0.3) is 0 Å². The molecule has 2 aromatic carbocycles. The maximum absolute atomic E-state index is 12.4. The third kappa shape index (κ3) is 7.31. The molecule has 1 aliphatic rings. The van der Waals surface area contributed by atoms with Gasteiger partial charge in [-0.05, 0) is 43.5 Å². The molecule has 0 saturated carbocycles. The Balaban J connectivity index is 1.37. The predicted molar refractivity (Wildman–Crippen MR) is 125 cm³/mol. The molecule has 166 valence electrons. The maximum atomic E-state index is 12.4. The molecular weight excluding hydrogens is 388 g/mol. The number of carbonyl (C=O) groups is 1. The molecule has 2 atom stereocenters. The first-order valence-electron chi connectivity index (χ1n) is 11.0. The summed E-state index contributed by atoms with van der Waals surface area (Å²) in [4.78, 5) is 18.6. The van der Waals surface area contributed by atoms with E-state index < -0.39 is 0 Å². The van der Waals surface area contributed by atoms with Crippen molar-refractivity contribution in [3.05, 3.63) is 65.7 Å². The third-order valence-corrected chi connectivity index (χ3v) is 5.47. The van der Waals surface area contributed by atoms with Crippen molar-refractivity contribution in [2.75, 3.05) is 33.2 Å². The van der Waals surface area contributed by atoms with Gasteiger partial charge >= 0.3 is 0 Å². The molecule has 31 heavy (non-hydrogen) atoms. The Kier molecular flexibility index (Phi) is 8.33. The Bertz CT molecular complexity index is 869. The van der Waals surface area contributed by atoms with Gasteiger partial charge in [-0.1, -0.05) is 42.5 Å². The van der Waals surface area contributed by atoms with Crippen LogP contribution in [0, 0.1) is 12.8 Å². The van der Waals surface area contributed by atoms with Crippen molar-refractivity contribution in [3.8, 4) is 5.75 Å². The first-order valence-corrected chi connectivity index (χ1v) is 11.0. The van der Waals surface area contributed by atoms with E-state index in [1.54, 1.807) is 7.05 Å². The van der Waals surface area contributed by atoms with Crippen LogP contribution in [0.4, 0.5) is 0 Å². The van der Waals surface area contributed by atoms with E-state index >= 15 is 0 Å². The van der Waals surface area contributed by atoms with Crippen LogP contribution in [0.25, 0.3) is 0 Å². The molecule has 1 saturated heterocycles. The fourth-order valence-electron chi connectivity index (χ4n) is 3.78. The maximum Gasteiger partial charge on any atom is 0.223 e. The molecule has 0 radical (unpaired) electrons. The first kappa shape index (κ1) is 22.7. The van der Waals surface area contributed by atoms with E-state index in [4.69, 9.17) is 4.74 Å². The SMILES string of the molecule is CN=C(NCC1CC(=O)N(CCc2ccccc2)C1)NCC(C)Oc1cccc(C)c1. The number of aryl methyl sites for hydroxylation is 1. The van der Waals surface area contributed by atoms with Crippen LogP contribution in [0.15, 0.2) is 59.6 Å². The number of benzene rings is 2. The van der Waals surface area contributed by atoms with Crippen LogP contribution in [-0.2, 0) is 11.2 Å². The number of hydrogen-bond donors (Lipinski definition) is 2. The van der Waals surface area contributed by atoms with Crippen LogP contribution in [0.2, 0.25) is 0 Å². The van der Waals surface area contributed by atoms with Crippen molar-refractivity contribution in [3.63, 3.8) is 0 Å². The fraction of sp³-hybridized carbons (Fsp3) is 0.440. The number of ether oxygens (including phenoxy) is 1. The van der Waals surface area contributed by atoms with E-state index in [1.807, 2.05) is 48.2 Å². The van der Waals surface area contributed by atoms with Crippen LogP contribution < -0.4 is 15.4 Å². The zero-order valence-electron chi connectivity index (χ0n) is 18.8. The Morgan fingerprint density at radius 3 is 2.74 bits per heavy atom. The molecule has 2 N–H and O–H groups in total. The smallest absolute Gasteiger partial charge is 0.223 e. The van der Waals surface area contributed by atoms with Gasteiger partial charge in [0.05, 0.1) is 6.54 Å². The van der Waals surface area contributed by atoms with Crippen LogP contribution in [0.1, 0.15) is 24.5 Å². The average molecular weight is 423 g/mol. The summed E-state index contributed by atoms with van der Waals surface area (Å²) in [6, 6.07) is 18.4. The van der Waals surface area contributed by atoms with Gasteiger partial charge in [0.2, 0.25) is 5.91 Å². The highest BCUT2D eigenvalue weighted by Crippen LogP contribution is 2.18. The zero-order chi connectivity index (χ0) is 22.1. The lowest BCUT2D eigenvalue weighted by molar-refractivity contribution is -0.127. The molecule has 2 aromatic rings. The van der Waals surface area contributed by atoms with Gasteiger partial charge in [0.15, 0.2) is 5.96 Å². The lowest BCUT2D eigenvalue weighted by atomic mass is 10.1. The fourth-order valence-corrected chi connectivity index (χ4v) is 3.78. The Morgan fingerprint density at radius 2 is 2.00 bits per heavy atom. The van der Waals surface area contributed by atoms with E-state index in [1.165, 1.54) is 11.1 Å². The van der Waals surface area contributed by atoms with Gasteiger partial charge in [0.1, 0.15) is 11.9 Å².